The molecule has 5 rings (SSSR count). The summed E-state index contributed by atoms with van der Waals surface area (Å²) in [6.45, 7) is 0.102. The highest BCUT2D eigenvalue weighted by molar-refractivity contribution is 7.41. The highest BCUT2D eigenvalue weighted by atomic mass is 32.2. The number of carbonyl (C=O) groups excluding carboxylic acids is 2. The first-order valence-corrected chi connectivity index (χ1v) is 11.7. The van der Waals surface area contributed by atoms with Crippen molar-refractivity contribution in [1.29, 1.82) is 0 Å². The lowest BCUT2D eigenvalue weighted by molar-refractivity contribution is -0.132. The van der Waals surface area contributed by atoms with Crippen molar-refractivity contribution in [3.05, 3.63) is 59.1 Å². The van der Waals surface area contributed by atoms with Gasteiger partial charge in [0.05, 0.1) is 26.4 Å². The molecule has 1 aliphatic heterocycles. The largest absolute Gasteiger partial charge is 0.388 e. The van der Waals surface area contributed by atoms with E-state index in [9.17, 15) is 19.8 Å². The van der Waals surface area contributed by atoms with Gasteiger partial charge in [0.25, 0.3) is 5.91 Å². The summed E-state index contributed by atoms with van der Waals surface area (Å²) in [5.74, 6) is -0.678. The highest BCUT2D eigenvalue weighted by Gasteiger charge is 2.36. The third-order valence-corrected chi connectivity index (χ3v) is 7.78. The van der Waals surface area contributed by atoms with E-state index in [1.807, 2.05) is 47.8 Å². The molecule has 4 heterocycles. The van der Waals surface area contributed by atoms with Crippen LogP contribution in [-0.4, -0.2) is 63.3 Å². The molecule has 1 saturated heterocycles. The van der Waals surface area contributed by atoms with Crippen LogP contribution in [0.2, 0.25) is 0 Å². The lowest BCUT2D eigenvalue weighted by atomic mass is 10.0. The molecule has 0 saturated carbocycles. The van der Waals surface area contributed by atoms with Crippen LogP contribution in [0.4, 0.5) is 0 Å². The Morgan fingerprint density at radius 3 is 2.65 bits per heavy atom. The van der Waals surface area contributed by atoms with Gasteiger partial charge >= 0.3 is 0 Å². The number of hydrogen-bond donors (Lipinski definition) is 4. The standard InChI is InChI=1S/C22H21N3O4S2/c26-16-10-25(11-17(16)27)21(29)15(8-12-4-2-1-3-5-12)24-20(28)14-9-18-19(23-14)13-6-7-30-22(13)31-18/h1-7,9,15-17,23,26-27H,8,10-11H2,(H,24,28)/t15-,16-,17+/m0/s1. The number of amides is 2. The molecule has 0 unspecified atom stereocenters. The van der Waals surface area contributed by atoms with Gasteiger partial charge in [-0.25, -0.2) is 0 Å². The summed E-state index contributed by atoms with van der Waals surface area (Å²) >= 11 is 3.30. The van der Waals surface area contributed by atoms with E-state index < -0.39 is 18.2 Å². The molecule has 0 radical (unpaired) electrons. The van der Waals surface area contributed by atoms with E-state index >= 15 is 0 Å². The monoisotopic (exact) mass is 455 g/mol. The molecule has 0 spiro atoms. The molecule has 9 heteroatoms. The zero-order valence-corrected chi connectivity index (χ0v) is 18.1. The van der Waals surface area contributed by atoms with Gasteiger partial charge in [-0.1, -0.05) is 30.3 Å². The second-order valence-corrected chi connectivity index (χ2v) is 9.97. The van der Waals surface area contributed by atoms with Crippen molar-refractivity contribution in [2.24, 2.45) is 0 Å². The number of benzene rings is 1. The van der Waals surface area contributed by atoms with Crippen LogP contribution in [0.1, 0.15) is 16.1 Å². The number of rotatable bonds is 5. The number of thiophene rings is 2. The molecule has 4 aromatic rings. The SMILES string of the molecule is O=C(N[C@@H](Cc1ccccc1)C(=O)N1C[C@@H](O)[C@@H](O)C1)c1cc2sc3sccc3c2[nH]1. The van der Waals surface area contributed by atoms with Gasteiger partial charge in [-0.3, -0.25) is 9.59 Å². The summed E-state index contributed by atoms with van der Waals surface area (Å²) in [4.78, 5) is 30.8. The van der Waals surface area contributed by atoms with E-state index in [0.29, 0.717) is 12.1 Å². The Kier molecular flexibility index (Phi) is 5.27. The van der Waals surface area contributed by atoms with Crippen molar-refractivity contribution in [2.75, 3.05) is 13.1 Å². The number of aromatic nitrogens is 1. The molecule has 160 valence electrons. The van der Waals surface area contributed by atoms with Crippen molar-refractivity contribution in [1.82, 2.24) is 15.2 Å². The Labute approximate surface area is 185 Å². The quantitative estimate of drug-likeness (QED) is 0.371. The van der Waals surface area contributed by atoms with Gasteiger partial charge in [0.15, 0.2) is 0 Å². The van der Waals surface area contributed by atoms with E-state index in [0.717, 1.165) is 21.2 Å². The number of aromatic amines is 1. The van der Waals surface area contributed by atoms with Crippen LogP contribution < -0.4 is 5.32 Å². The average molecular weight is 456 g/mol. The average Bonchev–Trinajstić information content (AvgIpc) is 3.50. The number of hydrogen-bond acceptors (Lipinski definition) is 6. The van der Waals surface area contributed by atoms with E-state index in [4.69, 9.17) is 0 Å². The molecule has 31 heavy (non-hydrogen) atoms. The van der Waals surface area contributed by atoms with Crippen LogP contribution in [0.5, 0.6) is 0 Å². The van der Waals surface area contributed by atoms with Crippen LogP contribution in [0.25, 0.3) is 19.6 Å². The van der Waals surface area contributed by atoms with Crippen molar-refractivity contribution in [3.63, 3.8) is 0 Å². The summed E-state index contributed by atoms with van der Waals surface area (Å²) in [6, 6.07) is 12.5. The minimum atomic E-state index is -0.972. The molecule has 1 aromatic carbocycles. The number of aliphatic hydroxyl groups excluding tert-OH is 2. The maximum atomic E-state index is 13.2. The summed E-state index contributed by atoms with van der Waals surface area (Å²) in [5.41, 5.74) is 2.25. The molecular formula is C22H21N3O4S2. The molecule has 0 aliphatic carbocycles. The summed E-state index contributed by atoms with van der Waals surface area (Å²) in [5, 5.41) is 25.7. The lowest BCUT2D eigenvalue weighted by Gasteiger charge is -2.24. The number of nitrogens with zero attached hydrogens (tertiary/aromatic N) is 1. The second kappa shape index (κ2) is 8.08. The predicted molar refractivity (Wildman–Crippen MR) is 122 cm³/mol. The maximum absolute atomic E-state index is 13.2. The Morgan fingerprint density at radius 1 is 1.16 bits per heavy atom. The predicted octanol–water partition coefficient (Wildman–Crippen LogP) is 2.35. The van der Waals surface area contributed by atoms with Gasteiger partial charge in [0.1, 0.15) is 11.7 Å². The van der Waals surface area contributed by atoms with E-state index in [1.165, 1.54) is 8.91 Å². The van der Waals surface area contributed by atoms with E-state index in [1.54, 1.807) is 22.7 Å². The van der Waals surface area contributed by atoms with Crippen LogP contribution in [0.15, 0.2) is 47.8 Å². The summed E-state index contributed by atoms with van der Waals surface area (Å²) in [6.07, 6.45) is -1.63. The second-order valence-electron chi connectivity index (χ2n) is 7.74. The van der Waals surface area contributed by atoms with Crippen LogP contribution in [0.3, 0.4) is 0 Å². The van der Waals surface area contributed by atoms with Crippen LogP contribution in [-0.2, 0) is 11.2 Å². The number of fused-ring (bicyclic) bond motifs is 3. The van der Waals surface area contributed by atoms with Gasteiger partial charge in [-0.15, -0.1) is 22.7 Å². The third-order valence-electron chi connectivity index (χ3n) is 5.58. The first kappa shape index (κ1) is 20.2. The van der Waals surface area contributed by atoms with Gasteiger partial charge in [0.2, 0.25) is 5.91 Å². The first-order chi connectivity index (χ1) is 15.0. The summed E-state index contributed by atoms with van der Waals surface area (Å²) < 4.78 is 2.21. The Morgan fingerprint density at radius 2 is 1.90 bits per heavy atom. The number of β-amino-alcohol motifs (C(OH)–C–C–N with tert-alkyl or cyclic N) is 2. The van der Waals surface area contributed by atoms with E-state index in [2.05, 4.69) is 10.3 Å². The fraction of sp³-hybridized carbons (Fsp3) is 0.273. The molecular weight excluding hydrogens is 434 g/mol. The minimum Gasteiger partial charge on any atom is -0.388 e. The third kappa shape index (κ3) is 3.85. The lowest BCUT2D eigenvalue weighted by Crippen LogP contribution is -2.49. The van der Waals surface area contributed by atoms with Gasteiger partial charge in [-0.05, 0) is 23.1 Å². The van der Waals surface area contributed by atoms with Gasteiger partial charge in [-0.2, -0.15) is 0 Å². The molecule has 1 fully saturated rings. The normalized spacial score (nSPS) is 19.9. The maximum Gasteiger partial charge on any atom is 0.268 e. The fourth-order valence-corrected chi connectivity index (χ4v) is 6.13. The Bertz CT molecular complexity index is 1240. The van der Waals surface area contributed by atoms with Crippen LogP contribution in [0, 0.1) is 0 Å². The van der Waals surface area contributed by atoms with Crippen molar-refractivity contribution in [3.8, 4) is 0 Å². The zero-order valence-electron chi connectivity index (χ0n) is 16.4. The summed E-state index contributed by atoms with van der Waals surface area (Å²) in [7, 11) is 0. The molecule has 3 aromatic heterocycles. The Hall–Kier alpha value is -2.72. The first-order valence-electron chi connectivity index (χ1n) is 9.98. The van der Waals surface area contributed by atoms with E-state index in [-0.39, 0.29) is 24.9 Å². The van der Waals surface area contributed by atoms with Crippen LogP contribution >= 0.6 is 22.7 Å². The number of aliphatic hydroxyl groups is 2. The molecule has 7 nitrogen and oxygen atoms in total. The number of carbonyl (C=O) groups is 2. The topological polar surface area (TPSA) is 106 Å². The van der Waals surface area contributed by atoms with Gasteiger partial charge in [0, 0.05) is 24.9 Å². The fourth-order valence-electron chi connectivity index (χ4n) is 3.95. The highest BCUT2D eigenvalue weighted by Crippen LogP contribution is 2.37. The number of H-pyrrole nitrogens is 1. The molecule has 2 amide bonds. The molecule has 4 N–H and O–H groups in total. The number of likely N-dealkylation sites (tertiary alicyclic amines) is 1. The molecule has 1 aliphatic rings. The van der Waals surface area contributed by atoms with Crippen molar-refractivity contribution < 1.29 is 19.8 Å². The van der Waals surface area contributed by atoms with Crippen molar-refractivity contribution in [2.45, 2.75) is 24.7 Å². The smallest absolute Gasteiger partial charge is 0.268 e. The number of nitrogens with one attached hydrogen (secondary N) is 2. The Balaban J connectivity index is 1.39. The minimum absolute atomic E-state index is 0.0511. The molecule has 0 bridgehead atoms. The van der Waals surface area contributed by atoms with Gasteiger partial charge < -0.3 is 25.4 Å². The van der Waals surface area contributed by atoms with Crippen molar-refractivity contribution >= 4 is 54.1 Å². The zero-order chi connectivity index (χ0) is 21.5. The molecule has 3 atom stereocenters.